The molecule has 1 N–H and O–H groups in total. The molecule has 7 nitrogen and oxygen atoms in total. The van der Waals surface area contributed by atoms with Gasteiger partial charge >= 0.3 is 0 Å². The van der Waals surface area contributed by atoms with Gasteiger partial charge in [-0.25, -0.2) is 0 Å². The molecule has 0 spiro atoms. The quantitative estimate of drug-likeness (QED) is 0.240. The molecule has 0 aromatic heterocycles. The zero-order valence-corrected chi connectivity index (χ0v) is 20.9. The Balaban J connectivity index is 0.00000341. The van der Waals surface area contributed by atoms with Crippen molar-refractivity contribution < 1.29 is 14.2 Å². The Bertz CT molecular complexity index is 826. The summed E-state index contributed by atoms with van der Waals surface area (Å²) in [4.78, 5) is 9.16. The Labute approximate surface area is 202 Å². The molecule has 1 heterocycles. The van der Waals surface area contributed by atoms with Crippen LogP contribution < -0.4 is 19.7 Å². The van der Waals surface area contributed by atoms with E-state index in [9.17, 15) is 0 Å². The van der Waals surface area contributed by atoms with Gasteiger partial charge in [0.25, 0.3) is 0 Å². The summed E-state index contributed by atoms with van der Waals surface area (Å²) in [5.74, 6) is 2.67. The molecule has 1 aliphatic heterocycles. The number of guanidine groups is 1. The Kier molecular flexibility index (Phi) is 10.7. The number of rotatable bonds is 8. The van der Waals surface area contributed by atoms with E-state index in [0.717, 1.165) is 49.2 Å². The molecule has 1 aliphatic rings. The van der Waals surface area contributed by atoms with Gasteiger partial charge in [0.2, 0.25) is 0 Å². The van der Waals surface area contributed by atoms with Crippen molar-refractivity contribution in [3.63, 3.8) is 0 Å². The summed E-state index contributed by atoms with van der Waals surface area (Å²) in [5.41, 5.74) is 2.35. The second-order valence-electron chi connectivity index (χ2n) is 7.07. The molecule has 2 aromatic carbocycles. The molecule has 0 aliphatic carbocycles. The van der Waals surface area contributed by atoms with Crippen LogP contribution in [0.5, 0.6) is 11.5 Å². The first-order valence-corrected chi connectivity index (χ1v) is 10.3. The monoisotopic (exact) mass is 540 g/mol. The van der Waals surface area contributed by atoms with Crippen molar-refractivity contribution in [2.75, 3.05) is 65.6 Å². The molecule has 2 aromatic rings. The Hall–Kier alpha value is -2.20. The Morgan fingerprint density at radius 1 is 0.968 bits per heavy atom. The van der Waals surface area contributed by atoms with Gasteiger partial charge in [0.05, 0.1) is 13.7 Å². The molecular weight excluding hydrogens is 507 g/mol. The standard InChI is InChI=1S/C23H32N4O3.HI/c1-24-23(25-18-19-6-4-9-22(16-19)30-15-14-28-2)27-12-10-26(11-13-27)20-7-5-8-21(17-20)29-3;/h4-9,16-17H,10-15,18H2,1-3H3,(H,24,25);1H. The minimum Gasteiger partial charge on any atom is -0.497 e. The summed E-state index contributed by atoms with van der Waals surface area (Å²) in [6.45, 7) is 5.54. The van der Waals surface area contributed by atoms with Gasteiger partial charge in [0.15, 0.2) is 5.96 Å². The summed E-state index contributed by atoms with van der Waals surface area (Å²) in [6, 6.07) is 16.3. The van der Waals surface area contributed by atoms with Crippen molar-refractivity contribution in [2.45, 2.75) is 6.54 Å². The number of methoxy groups -OCH3 is 2. The van der Waals surface area contributed by atoms with Crippen molar-refractivity contribution in [3.8, 4) is 11.5 Å². The van der Waals surface area contributed by atoms with E-state index in [1.54, 1.807) is 14.2 Å². The number of benzene rings is 2. The number of anilines is 1. The maximum atomic E-state index is 5.70. The lowest BCUT2D eigenvalue weighted by atomic mass is 10.2. The summed E-state index contributed by atoms with van der Waals surface area (Å²) < 4.78 is 16.1. The predicted molar refractivity (Wildman–Crippen MR) is 136 cm³/mol. The molecule has 31 heavy (non-hydrogen) atoms. The van der Waals surface area contributed by atoms with Crippen LogP contribution in [0.4, 0.5) is 5.69 Å². The van der Waals surface area contributed by atoms with E-state index in [1.807, 2.05) is 31.3 Å². The molecule has 0 amide bonds. The normalized spacial score (nSPS) is 14.1. The average Bonchev–Trinajstić information content (AvgIpc) is 2.80. The van der Waals surface area contributed by atoms with Gasteiger partial charge in [0.1, 0.15) is 18.1 Å². The number of nitrogens with one attached hydrogen (secondary N) is 1. The van der Waals surface area contributed by atoms with E-state index in [-0.39, 0.29) is 24.0 Å². The van der Waals surface area contributed by atoms with Crippen molar-refractivity contribution in [2.24, 2.45) is 4.99 Å². The summed E-state index contributed by atoms with van der Waals surface area (Å²) in [6.07, 6.45) is 0. The number of nitrogens with zero attached hydrogens (tertiary/aromatic N) is 3. The first-order valence-electron chi connectivity index (χ1n) is 10.3. The van der Waals surface area contributed by atoms with Crippen LogP contribution in [0.2, 0.25) is 0 Å². The summed E-state index contributed by atoms with van der Waals surface area (Å²) in [7, 11) is 5.21. The van der Waals surface area contributed by atoms with Crippen molar-refractivity contribution in [3.05, 3.63) is 54.1 Å². The predicted octanol–water partition coefficient (Wildman–Crippen LogP) is 3.24. The van der Waals surface area contributed by atoms with E-state index in [2.05, 4.69) is 44.4 Å². The van der Waals surface area contributed by atoms with Gasteiger partial charge < -0.3 is 29.3 Å². The molecule has 0 atom stereocenters. The smallest absolute Gasteiger partial charge is 0.194 e. The van der Waals surface area contributed by atoms with Gasteiger partial charge in [-0.2, -0.15) is 0 Å². The molecule has 3 rings (SSSR count). The second kappa shape index (κ2) is 13.3. The maximum Gasteiger partial charge on any atom is 0.194 e. The van der Waals surface area contributed by atoms with Gasteiger partial charge in [0, 0.05) is 58.6 Å². The van der Waals surface area contributed by atoms with E-state index in [4.69, 9.17) is 14.2 Å². The van der Waals surface area contributed by atoms with Crippen LogP contribution in [-0.2, 0) is 11.3 Å². The lowest BCUT2D eigenvalue weighted by molar-refractivity contribution is 0.146. The third-order valence-corrected chi connectivity index (χ3v) is 5.11. The number of ether oxygens (including phenoxy) is 3. The maximum absolute atomic E-state index is 5.70. The molecule has 8 heteroatoms. The highest BCUT2D eigenvalue weighted by Crippen LogP contribution is 2.22. The largest absolute Gasteiger partial charge is 0.497 e. The SMILES string of the molecule is CN=C(NCc1cccc(OCCOC)c1)N1CCN(c2cccc(OC)c2)CC1.I. The molecule has 1 fully saturated rings. The van der Waals surface area contributed by atoms with E-state index < -0.39 is 0 Å². The number of hydrogen-bond acceptors (Lipinski definition) is 5. The Morgan fingerprint density at radius 2 is 1.71 bits per heavy atom. The van der Waals surface area contributed by atoms with Crippen LogP contribution in [-0.4, -0.2) is 71.5 Å². The number of halogens is 1. The molecule has 0 saturated carbocycles. The zero-order chi connectivity index (χ0) is 21.2. The molecule has 0 bridgehead atoms. The lowest BCUT2D eigenvalue weighted by Crippen LogP contribution is -2.52. The summed E-state index contributed by atoms with van der Waals surface area (Å²) in [5, 5.41) is 3.48. The van der Waals surface area contributed by atoms with Crippen molar-refractivity contribution in [1.82, 2.24) is 10.2 Å². The number of hydrogen-bond donors (Lipinski definition) is 1. The lowest BCUT2D eigenvalue weighted by Gasteiger charge is -2.37. The van der Waals surface area contributed by atoms with Crippen LogP contribution in [0.1, 0.15) is 5.56 Å². The van der Waals surface area contributed by atoms with E-state index >= 15 is 0 Å². The van der Waals surface area contributed by atoms with Gasteiger partial charge in [-0.1, -0.05) is 18.2 Å². The van der Waals surface area contributed by atoms with Gasteiger partial charge in [-0.15, -0.1) is 24.0 Å². The third-order valence-electron chi connectivity index (χ3n) is 5.11. The fraction of sp³-hybridized carbons (Fsp3) is 0.435. The highest BCUT2D eigenvalue weighted by molar-refractivity contribution is 14.0. The minimum atomic E-state index is 0. The first kappa shape index (κ1) is 25.1. The van der Waals surface area contributed by atoms with Crippen LogP contribution in [0.25, 0.3) is 0 Å². The minimum absolute atomic E-state index is 0. The van der Waals surface area contributed by atoms with Crippen LogP contribution in [0.3, 0.4) is 0 Å². The van der Waals surface area contributed by atoms with E-state index in [1.165, 1.54) is 5.69 Å². The van der Waals surface area contributed by atoms with Crippen LogP contribution in [0, 0.1) is 0 Å². The molecule has 1 saturated heterocycles. The fourth-order valence-corrected chi connectivity index (χ4v) is 3.49. The third kappa shape index (κ3) is 7.46. The molecular formula is C23H33IN4O3. The molecule has 0 radical (unpaired) electrons. The highest BCUT2D eigenvalue weighted by Gasteiger charge is 2.20. The first-order chi connectivity index (χ1) is 14.7. The van der Waals surface area contributed by atoms with Gasteiger partial charge in [-0.3, -0.25) is 4.99 Å². The second-order valence-corrected chi connectivity index (χ2v) is 7.07. The van der Waals surface area contributed by atoms with Crippen LogP contribution in [0.15, 0.2) is 53.5 Å². The molecule has 0 unspecified atom stereocenters. The average molecular weight is 540 g/mol. The molecule has 170 valence electrons. The highest BCUT2D eigenvalue weighted by atomic mass is 127. The topological polar surface area (TPSA) is 58.6 Å². The van der Waals surface area contributed by atoms with Crippen molar-refractivity contribution >= 4 is 35.6 Å². The van der Waals surface area contributed by atoms with E-state index in [0.29, 0.717) is 19.8 Å². The fourth-order valence-electron chi connectivity index (χ4n) is 3.49. The zero-order valence-electron chi connectivity index (χ0n) is 18.5. The Morgan fingerprint density at radius 3 is 2.42 bits per heavy atom. The summed E-state index contributed by atoms with van der Waals surface area (Å²) >= 11 is 0. The number of piperazine rings is 1. The number of aliphatic imine (C=N–C) groups is 1. The van der Waals surface area contributed by atoms with Crippen molar-refractivity contribution in [1.29, 1.82) is 0 Å². The van der Waals surface area contributed by atoms with Crippen LogP contribution >= 0.6 is 24.0 Å². The van der Waals surface area contributed by atoms with Gasteiger partial charge in [-0.05, 0) is 29.8 Å².